The van der Waals surface area contributed by atoms with Crippen molar-refractivity contribution in [2.75, 3.05) is 0 Å². The van der Waals surface area contributed by atoms with Crippen molar-refractivity contribution in [3.05, 3.63) is 139 Å². The minimum Gasteiger partial charge on any atom is -0.361 e. The van der Waals surface area contributed by atoms with Crippen LogP contribution < -0.4 is 30.2 Å². The van der Waals surface area contributed by atoms with Gasteiger partial charge in [-0.05, 0) is 88.0 Å². The monoisotopic (exact) mass is 764 g/mol. The van der Waals surface area contributed by atoms with Crippen LogP contribution in [0.1, 0.15) is 16.7 Å². The molecule has 278 valence electrons. The zero-order valence-electron chi connectivity index (χ0n) is 31.1. The van der Waals surface area contributed by atoms with Crippen molar-refractivity contribution in [1.82, 2.24) is 28.7 Å². The van der Waals surface area contributed by atoms with Crippen LogP contribution in [0, 0.1) is 20.8 Å². The first-order chi connectivity index (χ1) is 26.8. The molecule has 0 aliphatic rings. The molecule has 0 spiro atoms. The largest absolute Gasteiger partial charge is 0.651 e. The predicted octanol–water partition coefficient (Wildman–Crippen LogP) is 7.46. The van der Waals surface area contributed by atoms with Crippen molar-refractivity contribution >= 4 is 73.2 Å². The first-order valence-corrected chi connectivity index (χ1v) is 19.2. The fourth-order valence-electron chi connectivity index (χ4n) is 7.78. The van der Waals surface area contributed by atoms with Gasteiger partial charge in [0, 0.05) is 21.1 Å². The lowest BCUT2D eigenvalue weighted by atomic mass is 10.0. The minimum absolute atomic E-state index is 0.356. The third kappa shape index (κ3) is 5.34. The van der Waals surface area contributed by atoms with Gasteiger partial charge in [0.15, 0.2) is 0 Å². The number of hydrogen-bond acceptors (Lipinski definition) is 10. The van der Waals surface area contributed by atoms with Gasteiger partial charge in [-0.15, -0.1) is 0 Å². The summed E-state index contributed by atoms with van der Waals surface area (Å²) in [6, 6.07) is 28.2. The number of aromatic nitrogens is 6. The van der Waals surface area contributed by atoms with E-state index in [9.17, 15) is 14.4 Å². The molecule has 0 unspecified atom stereocenters. The highest BCUT2D eigenvalue weighted by Crippen LogP contribution is 2.48. The molecule has 0 atom stereocenters. The molecule has 0 saturated carbocycles. The second kappa shape index (κ2) is 12.6. The summed E-state index contributed by atoms with van der Waals surface area (Å²) < 4.78 is 36.7. The first-order valence-electron chi connectivity index (χ1n) is 17.7. The predicted molar refractivity (Wildman–Crippen MR) is 217 cm³/mol. The van der Waals surface area contributed by atoms with Crippen LogP contribution in [0.2, 0.25) is 0 Å². The van der Waals surface area contributed by atoms with E-state index in [1.165, 1.54) is 34.8 Å². The Morgan fingerprint density at radius 3 is 1.02 bits per heavy atom. The molecular formula is C42H33N6O7P. The second-order valence-corrected chi connectivity index (χ2v) is 15.3. The van der Waals surface area contributed by atoms with Crippen molar-refractivity contribution in [1.29, 1.82) is 0 Å². The molecule has 13 nitrogen and oxygen atoms in total. The maximum atomic E-state index is 15.1. The van der Waals surface area contributed by atoms with Crippen LogP contribution in [-0.2, 0) is 25.7 Å². The smallest absolute Gasteiger partial charge is 0.361 e. The Bertz CT molecular complexity index is 3070. The Balaban J connectivity index is 1.24. The van der Waals surface area contributed by atoms with Gasteiger partial charge in [-0.1, -0.05) is 72.8 Å². The van der Waals surface area contributed by atoms with Gasteiger partial charge in [-0.3, -0.25) is 14.4 Å². The maximum absolute atomic E-state index is 15.1. The number of fused-ring (bicyclic) bond motifs is 6. The summed E-state index contributed by atoms with van der Waals surface area (Å²) in [5, 5.41) is 5.32. The Hall–Kier alpha value is -6.85. The van der Waals surface area contributed by atoms with Crippen molar-refractivity contribution in [3.8, 4) is 17.6 Å². The van der Waals surface area contributed by atoms with Gasteiger partial charge in [0.2, 0.25) is 0 Å². The summed E-state index contributed by atoms with van der Waals surface area (Å²) in [5.74, 6) is -1.97. The highest BCUT2D eigenvalue weighted by Gasteiger charge is 2.39. The molecule has 0 N–H and O–H groups in total. The van der Waals surface area contributed by atoms with Crippen LogP contribution in [0.4, 0.5) is 0 Å². The number of hydrogen-bond donors (Lipinski definition) is 0. The summed E-state index contributed by atoms with van der Waals surface area (Å²) in [5.41, 5.74) is 2.72. The molecule has 9 aromatic rings. The SMILES string of the molecule is Cc1c2ccccc2cc2nc(OP(=O)(Oc3nc4cc5ccccc5c(C)c4n(C)c3=O)Oc3nc4cc5ccccc5c(C)c4n(C)c3=O)c(=O)n(C)c12. The lowest BCUT2D eigenvalue weighted by Crippen LogP contribution is -2.27. The molecular weight excluding hydrogens is 731 g/mol. The normalized spacial score (nSPS) is 12.0. The summed E-state index contributed by atoms with van der Waals surface area (Å²) in [6.45, 7) is 5.63. The number of rotatable bonds is 6. The number of benzene rings is 6. The summed E-state index contributed by atoms with van der Waals surface area (Å²) in [6.07, 6.45) is 0. The fraction of sp³-hybridized carbons (Fsp3) is 0.143. The van der Waals surface area contributed by atoms with E-state index in [-0.39, 0.29) is 0 Å². The van der Waals surface area contributed by atoms with Gasteiger partial charge in [0.1, 0.15) is 0 Å². The van der Waals surface area contributed by atoms with E-state index in [2.05, 4.69) is 15.0 Å². The fourth-order valence-corrected chi connectivity index (χ4v) is 8.89. The van der Waals surface area contributed by atoms with Gasteiger partial charge < -0.3 is 27.3 Å². The molecule has 0 bridgehead atoms. The standard InChI is InChI=1S/C42H33N6O7P/c1-22-28-16-10-7-13-25(28)19-31-34(22)46(4)40(49)37(43-31)53-56(52,54-38-41(50)47(5)35-23(2)29-17-11-8-14-26(29)20-32(35)44-38)55-39-42(51)48(6)36-24(3)30-18-12-9-15-27(30)21-33(36)45-39/h7-21H,1-6H3. The average Bonchev–Trinajstić information content (AvgIpc) is 3.18. The van der Waals surface area contributed by atoms with E-state index in [0.29, 0.717) is 33.1 Å². The quantitative estimate of drug-likeness (QED) is 0.123. The molecule has 14 heteroatoms. The van der Waals surface area contributed by atoms with Crippen LogP contribution in [0.25, 0.3) is 65.4 Å². The van der Waals surface area contributed by atoms with Crippen LogP contribution in [0.3, 0.4) is 0 Å². The number of aryl methyl sites for hydroxylation is 6. The van der Waals surface area contributed by atoms with Gasteiger partial charge in [-0.25, -0.2) is 15.0 Å². The number of phosphoric ester groups is 1. The number of nitrogens with zero attached hydrogens (tertiary/aromatic N) is 6. The maximum Gasteiger partial charge on any atom is 0.651 e. The van der Waals surface area contributed by atoms with Gasteiger partial charge in [-0.2, -0.15) is 4.57 Å². The van der Waals surface area contributed by atoms with Gasteiger partial charge in [0.05, 0.1) is 33.1 Å². The van der Waals surface area contributed by atoms with E-state index in [1.54, 1.807) is 18.2 Å². The lowest BCUT2D eigenvalue weighted by Gasteiger charge is -2.20. The highest BCUT2D eigenvalue weighted by molar-refractivity contribution is 7.49. The summed E-state index contributed by atoms with van der Waals surface area (Å²) >= 11 is 0. The zero-order valence-corrected chi connectivity index (χ0v) is 32.0. The molecule has 6 aromatic carbocycles. The Labute approximate surface area is 317 Å². The topological polar surface area (TPSA) is 149 Å². The van der Waals surface area contributed by atoms with Gasteiger partial charge >= 0.3 is 24.5 Å². The number of phosphoric acid groups is 1. The Kier molecular flexibility index (Phi) is 7.85. The molecule has 56 heavy (non-hydrogen) atoms. The molecule has 0 saturated heterocycles. The van der Waals surface area contributed by atoms with Crippen LogP contribution in [-0.4, -0.2) is 28.7 Å². The summed E-state index contributed by atoms with van der Waals surface area (Å²) in [4.78, 5) is 55.3. The van der Waals surface area contributed by atoms with E-state index >= 15 is 4.57 Å². The highest BCUT2D eigenvalue weighted by atomic mass is 31.2. The van der Waals surface area contributed by atoms with E-state index in [4.69, 9.17) is 13.6 Å². The molecule has 3 aromatic heterocycles. The van der Waals surface area contributed by atoms with Crippen molar-refractivity contribution < 1.29 is 18.1 Å². The molecule has 0 amide bonds. The van der Waals surface area contributed by atoms with Crippen molar-refractivity contribution in [3.63, 3.8) is 0 Å². The first kappa shape index (κ1) is 34.9. The third-order valence-electron chi connectivity index (χ3n) is 10.5. The van der Waals surface area contributed by atoms with Gasteiger partial charge in [0.25, 0.3) is 17.6 Å². The van der Waals surface area contributed by atoms with Crippen LogP contribution in [0.5, 0.6) is 17.6 Å². The van der Waals surface area contributed by atoms with E-state index < -0.39 is 42.1 Å². The molecule has 0 aliphatic carbocycles. The Morgan fingerprint density at radius 1 is 0.464 bits per heavy atom. The Morgan fingerprint density at radius 2 is 0.732 bits per heavy atom. The lowest BCUT2D eigenvalue weighted by molar-refractivity contribution is 0.282. The van der Waals surface area contributed by atoms with E-state index in [0.717, 1.165) is 49.0 Å². The molecule has 0 radical (unpaired) electrons. The third-order valence-corrected chi connectivity index (χ3v) is 11.7. The molecule has 0 fully saturated rings. The average molecular weight is 765 g/mol. The molecule has 0 aliphatic heterocycles. The summed E-state index contributed by atoms with van der Waals surface area (Å²) in [7, 11) is -0.659. The van der Waals surface area contributed by atoms with Crippen LogP contribution in [0.15, 0.2) is 105 Å². The van der Waals surface area contributed by atoms with Crippen molar-refractivity contribution in [2.24, 2.45) is 21.1 Å². The molecule has 9 rings (SSSR count). The minimum atomic E-state index is -5.27. The van der Waals surface area contributed by atoms with Crippen molar-refractivity contribution in [2.45, 2.75) is 20.8 Å². The van der Waals surface area contributed by atoms with Crippen LogP contribution >= 0.6 is 7.82 Å². The molecule has 3 heterocycles. The van der Waals surface area contributed by atoms with E-state index in [1.807, 2.05) is 93.6 Å². The zero-order chi connectivity index (χ0) is 39.2. The second-order valence-electron chi connectivity index (χ2n) is 13.8.